The minimum Gasteiger partial charge on any atom is -0.404 e. The van der Waals surface area contributed by atoms with E-state index in [1.807, 2.05) is 18.2 Å². The van der Waals surface area contributed by atoms with Gasteiger partial charge in [0.2, 0.25) is 0 Å². The summed E-state index contributed by atoms with van der Waals surface area (Å²) in [4.78, 5) is 13.8. The number of rotatable bonds is 7. The van der Waals surface area contributed by atoms with Crippen LogP contribution < -0.4 is 16.8 Å². The van der Waals surface area contributed by atoms with Crippen molar-refractivity contribution in [3.8, 4) is 0 Å². The number of hydrogen-bond donors (Lipinski definition) is 3. The average molecular weight is 432 g/mol. The van der Waals surface area contributed by atoms with E-state index in [1.54, 1.807) is 30.4 Å². The van der Waals surface area contributed by atoms with Crippen LogP contribution in [-0.2, 0) is 0 Å². The molecular weight excluding hydrogens is 413 g/mol. The summed E-state index contributed by atoms with van der Waals surface area (Å²) in [5.74, 6) is -0.297. The van der Waals surface area contributed by atoms with Gasteiger partial charge in [0, 0.05) is 28.1 Å². The quantitative estimate of drug-likeness (QED) is 0.485. The van der Waals surface area contributed by atoms with Crippen molar-refractivity contribution in [2.75, 3.05) is 5.32 Å². The first-order chi connectivity index (χ1) is 13.3. The Bertz CT molecular complexity index is 983. The molecule has 0 spiro atoms. The largest absolute Gasteiger partial charge is 0.404 e. The van der Waals surface area contributed by atoms with Crippen molar-refractivity contribution in [3.05, 3.63) is 106 Å². The molecule has 0 saturated carbocycles. The zero-order valence-electron chi connectivity index (χ0n) is 14.9. The monoisotopic (exact) mass is 431 g/mol. The minimum absolute atomic E-state index is 0.297. The second-order valence-corrected chi connectivity index (χ2v) is 7.53. The number of anilines is 1. The molecule has 0 atom stereocenters. The zero-order chi connectivity index (χ0) is 20.7. The summed E-state index contributed by atoms with van der Waals surface area (Å²) < 4.78 is 0. The van der Waals surface area contributed by atoms with Crippen LogP contribution in [0.1, 0.15) is 15.9 Å². The lowest BCUT2D eigenvalue weighted by Gasteiger charge is -2.11. The lowest BCUT2D eigenvalue weighted by molar-refractivity contribution is 0.102. The van der Waals surface area contributed by atoms with Gasteiger partial charge in [0.1, 0.15) is 0 Å². The number of allylic oxidation sites excluding steroid dienone is 2. The van der Waals surface area contributed by atoms with E-state index in [0.29, 0.717) is 31.9 Å². The van der Waals surface area contributed by atoms with E-state index < -0.39 is 0 Å². The molecule has 0 unspecified atom stereocenters. The third-order valence-corrected chi connectivity index (χ3v) is 5.40. The molecule has 0 saturated heterocycles. The van der Waals surface area contributed by atoms with E-state index in [2.05, 4.69) is 18.5 Å². The molecule has 0 aliphatic rings. The van der Waals surface area contributed by atoms with Crippen molar-refractivity contribution in [2.24, 2.45) is 11.5 Å². The van der Waals surface area contributed by atoms with E-state index in [0.717, 1.165) is 10.5 Å². The van der Waals surface area contributed by atoms with E-state index in [4.69, 9.17) is 34.7 Å². The van der Waals surface area contributed by atoms with Gasteiger partial charge in [0.05, 0.1) is 15.0 Å². The van der Waals surface area contributed by atoms with Gasteiger partial charge in [-0.2, -0.15) is 0 Å². The van der Waals surface area contributed by atoms with Gasteiger partial charge < -0.3 is 16.8 Å². The predicted octanol–water partition coefficient (Wildman–Crippen LogP) is 5.78. The van der Waals surface area contributed by atoms with Crippen LogP contribution >= 0.6 is 35.0 Å². The van der Waals surface area contributed by atoms with Crippen LogP contribution in [0.3, 0.4) is 0 Å². The zero-order valence-corrected chi connectivity index (χ0v) is 17.2. The number of nitrogens with one attached hydrogen (secondary N) is 1. The maximum atomic E-state index is 12.4. The second kappa shape index (κ2) is 10.1. The van der Waals surface area contributed by atoms with Crippen molar-refractivity contribution in [3.63, 3.8) is 0 Å². The first-order valence-electron chi connectivity index (χ1n) is 8.09. The highest BCUT2D eigenvalue weighted by Crippen LogP contribution is 2.35. The number of carbonyl (C=O) groups is 1. The van der Waals surface area contributed by atoms with Crippen molar-refractivity contribution in [1.29, 1.82) is 0 Å². The summed E-state index contributed by atoms with van der Waals surface area (Å²) in [6.07, 6.45) is 4.66. The summed E-state index contributed by atoms with van der Waals surface area (Å²) >= 11 is 13.2. The van der Waals surface area contributed by atoms with E-state index >= 15 is 0 Å². The molecule has 2 aromatic rings. The molecule has 0 aliphatic heterocycles. The third kappa shape index (κ3) is 5.70. The molecule has 5 N–H and O–H groups in total. The number of hydrogen-bond acceptors (Lipinski definition) is 4. The average Bonchev–Trinajstić information content (AvgIpc) is 2.68. The van der Waals surface area contributed by atoms with Crippen LogP contribution in [0, 0.1) is 0 Å². The van der Waals surface area contributed by atoms with Crippen LogP contribution in [0.2, 0.25) is 10.0 Å². The van der Waals surface area contributed by atoms with Crippen LogP contribution in [0.15, 0.2) is 84.6 Å². The first-order valence-corrected chi connectivity index (χ1v) is 9.67. The van der Waals surface area contributed by atoms with Gasteiger partial charge in [-0.25, -0.2) is 0 Å². The van der Waals surface area contributed by atoms with Crippen LogP contribution in [0.4, 0.5) is 5.69 Å². The number of amides is 1. The number of thioether (sulfide) groups is 1. The van der Waals surface area contributed by atoms with Crippen LogP contribution in [0.5, 0.6) is 0 Å². The van der Waals surface area contributed by atoms with Gasteiger partial charge in [-0.1, -0.05) is 66.3 Å². The first kappa shape index (κ1) is 21.7. The molecule has 0 radical (unpaired) electrons. The van der Waals surface area contributed by atoms with E-state index in [-0.39, 0.29) is 5.91 Å². The Morgan fingerprint density at radius 1 is 1.11 bits per heavy atom. The summed E-state index contributed by atoms with van der Waals surface area (Å²) in [6, 6.07) is 12.0. The predicted molar refractivity (Wildman–Crippen MR) is 122 cm³/mol. The van der Waals surface area contributed by atoms with Gasteiger partial charge in [-0.15, -0.1) is 0 Å². The minimum atomic E-state index is -0.297. The van der Waals surface area contributed by atoms with Crippen LogP contribution in [-0.4, -0.2) is 5.91 Å². The molecule has 1 amide bonds. The van der Waals surface area contributed by atoms with Gasteiger partial charge in [0.15, 0.2) is 0 Å². The maximum Gasteiger partial charge on any atom is 0.255 e. The maximum absolute atomic E-state index is 12.4. The fourth-order valence-electron chi connectivity index (χ4n) is 2.20. The second-order valence-electron chi connectivity index (χ2n) is 5.58. The fraction of sp³-hybridized carbons (Fsp3) is 0. The Balaban J connectivity index is 2.15. The Morgan fingerprint density at radius 2 is 1.86 bits per heavy atom. The lowest BCUT2D eigenvalue weighted by atomic mass is 10.1. The number of benzene rings is 2. The van der Waals surface area contributed by atoms with Gasteiger partial charge in [-0.3, -0.25) is 4.79 Å². The summed E-state index contributed by atoms with van der Waals surface area (Å²) in [5, 5.41) is 3.54. The molecule has 0 aliphatic carbocycles. The van der Waals surface area contributed by atoms with Gasteiger partial charge >= 0.3 is 0 Å². The van der Waals surface area contributed by atoms with Crippen molar-refractivity contribution in [2.45, 2.75) is 0 Å². The summed E-state index contributed by atoms with van der Waals surface area (Å²) in [6.45, 7) is 7.69. The molecular formula is C21H19Cl2N3OS. The molecule has 0 bridgehead atoms. The third-order valence-electron chi connectivity index (χ3n) is 3.59. The van der Waals surface area contributed by atoms with Crippen molar-refractivity contribution in [1.82, 2.24) is 0 Å². The standard InChI is InChI=1S/C21H19Cl2N3OS/c1-3-5-19(25)20(12-24)28-13(2)14-6-4-7-16(10-14)26-21(27)15-8-9-17(22)18(23)11-15/h3-12H,1-2,24-25H2,(H,26,27)/b19-5+,20-12+. The smallest absolute Gasteiger partial charge is 0.255 e. The van der Waals surface area contributed by atoms with Crippen LogP contribution in [0.25, 0.3) is 4.91 Å². The topological polar surface area (TPSA) is 81.1 Å². The molecule has 7 heteroatoms. The molecule has 144 valence electrons. The SMILES string of the molecule is C=C/C=C(N)\C(=C/N)SC(=C)c1cccc(NC(=O)c2ccc(Cl)c(Cl)c2)c1. The molecule has 2 aromatic carbocycles. The summed E-state index contributed by atoms with van der Waals surface area (Å²) in [7, 11) is 0. The van der Waals surface area contributed by atoms with Crippen molar-refractivity contribution >= 4 is 51.5 Å². The number of carbonyl (C=O) groups excluding carboxylic acids is 1. The Labute approximate surface area is 178 Å². The molecule has 28 heavy (non-hydrogen) atoms. The van der Waals surface area contributed by atoms with E-state index in [9.17, 15) is 4.79 Å². The molecule has 2 rings (SSSR count). The van der Waals surface area contributed by atoms with Crippen molar-refractivity contribution < 1.29 is 4.79 Å². The molecule has 0 aromatic heterocycles. The summed E-state index contributed by atoms with van der Waals surface area (Å²) in [5.41, 5.74) is 13.9. The molecule has 4 nitrogen and oxygen atoms in total. The van der Waals surface area contributed by atoms with Gasteiger partial charge in [-0.05, 0) is 42.0 Å². The molecule has 0 heterocycles. The van der Waals surface area contributed by atoms with Gasteiger partial charge in [0.25, 0.3) is 5.91 Å². The Hall–Kier alpha value is -2.60. The fourth-order valence-corrected chi connectivity index (χ4v) is 3.26. The highest BCUT2D eigenvalue weighted by molar-refractivity contribution is 8.11. The highest BCUT2D eigenvalue weighted by atomic mass is 35.5. The normalized spacial score (nSPS) is 11.8. The molecule has 0 fully saturated rings. The Morgan fingerprint density at radius 3 is 2.50 bits per heavy atom. The lowest BCUT2D eigenvalue weighted by Crippen LogP contribution is -2.11. The Kier molecular flexibility index (Phi) is 7.81. The number of nitrogens with two attached hydrogens (primary N) is 2. The van der Waals surface area contributed by atoms with E-state index in [1.165, 1.54) is 24.0 Å². The number of halogens is 2. The highest BCUT2D eigenvalue weighted by Gasteiger charge is 2.11.